The van der Waals surface area contributed by atoms with Crippen molar-refractivity contribution >= 4 is 32.5 Å². The monoisotopic (exact) mass is 320 g/mol. The van der Waals surface area contributed by atoms with E-state index in [1.54, 1.807) is 30.3 Å². The molecule has 1 aliphatic rings. The van der Waals surface area contributed by atoms with Gasteiger partial charge in [-0.1, -0.05) is 24.3 Å². The third kappa shape index (κ3) is 2.22. The van der Waals surface area contributed by atoms with Crippen molar-refractivity contribution in [3.63, 3.8) is 0 Å². The maximum absolute atomic E-state index is 12.9. The highest BCUT2D eigenvalue weighted by molar-refractivity contribution is 7.89. The highest BCUT2D eigenvalue weighted by Gasteiger charge is 2.40. The van der Waals surface area contributed by atoms with Gasteiger partial charge < -0.3 is 10.8 Å². The van der Waals surface area contributed by atoms with Crippen LogP contribution in [0.1, 0.15) is 12.8 Å². The first-order chi connectivity index (χ1) is 10.4. The summed E-state index contributed by atoms with van der Waals surface area (Å²) in [6.45, 7) is 0.220. The molecule has 0 spiro atoms. The Kier molecular flexibility index (Phi) is 3.54. The van der Waals surface area contributed by atoms with E-state index in [4.69, 9.17) is 5.73 Å². The number of carboxylic acids is 1. The van der Waals surface area contributed by atoms with Crippen LogP contribution in [0.2, 0.25) is 0 Å². The zero-order valence-electron chi connectivity index (χ0n) is 11.8. The minimum absolute atomic E-state index is 0.102. The van der Waals surface area contributed by atoms with Crippen LogP contribution in [0.3, 0.4) is 0 Å². The zero-order valence-corrected chi connectivity index (χ0v) is 12.6. The van der Waals surface area contributed by atoms with Gasteiger partial charge in [-0.2, -0.15) is 4.31 Å². The summed E-state index contributed by atoms with van der Waals surface area (Å²) in [6, 6.07) is 8.95. The van der Waals surface area contributed by atoms with Crippen molar-refractivity contribution in [2.24, 2.45) is 0 Å². The molecule has 1 saturated heterocycles. The minimum Gasteiger partial charge on any atom is -0.480 e. The second kappa shape index (κ2) is 5.26. The lowest BCUT2D eigenvalue weighted by Gasteiger charge is -2.22. The van der Waals surface area contributed by atoms with E-state index in [-0.39, 0.29) is 11.4 Å². The molecule has 7 heteroatoms. The van der Waals surface area contributed by atoms with Gasteiger partial charge in [0.2, 0.25) is 10.0 Å². The molecule has 0 amide bonds. The van der Waals surface area contributed by atoms with Gasteiger partial charge in [0.25, 0.3) is 0 Å². The fourth-order valence-electron chi connectivity index (χ4n) is 2.92. The summed E-state index contributed by atoms with van der Waals surface area (Å²) in [5.74, 6) is -1.11. The van der Waals surface area contributed by atoms with Crippen molar-refractivity contribution in [3.8, 4) is 0 Å². The molecule has 116 valence electrons. The van der Waals surface area contributed by atoms with Gasteiger partial charge in [-0.3, -0.25) is 4.79 Å². The maximum Gasteiger partial charge on any atom is 0.322 e. The lowest BCUT2D eigenvalue weighted by atomic mass is 10.1. The van der Waals surface area contributed by atoms with Gasteiger partial charge >= 0.3 is 5.97 Å². The molecule has 3 N–H and O–H groups in total. The van der Waals surface area contributed by atoms with E-state index in [1.165, 1.54) is 6.07 Å². The molecule has 1 unspecified atom stereocenters. The highest BCUT2D eigenvalue weighted by atomic mass is 32.2. The standard InChI is InChI=1S/C15H16N2O4S/c16-12-7-8-14(11-5-2-1-4-10(11)12)22(20,21)17-9-3-6-13(17)15(18)19/h1-2,4-5,7-8,13H,3,6,9,16H2,(H,18,19). The summed E-state index contributed by atoms with van der Waals surface area (Å²) >= 11 is 0. The molecule has 3 rings (SSSR count). The van der Waals surface area contributed by atoms with E-state index < -0.39 is 22.0 Å². The molecule has 0 aromatic heterocycles. The largest absolute Gasteiger partial charge is 0.480 e. The Morgan fingerprint density at radius 3 is 2.55 bits per heavy atom. The molecule has 1 heterocycles. The molecule has 0 aliphatic carbocycles. The van der Waals surface area contributed by atoms with Gasteiger partial charge in [0.1, 0.15) is 6.04 Å². The summed E-state index contributed by atoms with van der Waals surface area (Å²) in [4.78, 5) is 11.4. The quantitative estimate of drug-likeness (QED) is 0.838. The molecule has 1 fully saturated rings. The summed E-state index contributed by atoms with van der Waals surface area (Å²) in [6.07, 6.45) is 0.880. The van der Waals surface area contributed by atoms with Crippen LogP contribution in [0.5, 0.6) is 0 Å². The number of hydrogen-bond acceptors (Lipinski definition) is 4. The van der Waals surface area contributed by atoms with Crippen LogP contribution in [0.15, 0.2) is 41.3 Å². The predicted octanol–water partition coefficient (Wildman–Crippen LogP) is 1.66. The fraction of sp³-hybridized carbons (Fsp3) is 0.267. The summed E-state index contributed by atoms with van der Waals surface area (Å²) < 4.78 is 26.9. The number of nitrogens with zero attached hydrogens (tertiary/aromatic N) is 1. The number of anilines is 1. The molecule has 22 heavy (non-hydrogen) atoms. The van der Waals surface area contributed by atoms with Gasteiger partial charge in [-0.25, -0.2) is 8.42 Å². The normalized spacial score (nSPS) is 19.5. The number of hydrogen-bond donors (Lipinski definition) is 2. The Bertz CT molecular complexity index is 848. The third-order valence-corrected chi connectivity index (χ3v) is 5.96. The Morgan fingerprint density at radius 2 is 1.86 bits per heavy atom. The molecule has 2 aromatic rings. The van der Waals surface area contributed by atoms with E-state index in [0.717, 1.165) is 4.31 Å². The van der Waals surface area contributed by atoms with Crippen molar-refractivity contribution in [2.45, 2.75) is 23.8 Å². The molecule has 1 atom stereocenters. The number of benzene rings is 2. The molecule has 6 nitrogen and oxygen atoms in total. The number of sulfonamides is 1. The first-order valence-electron chi connectivity index (χ1n) is 6.95. The first-order valence-corrected chi connectivity index (χ1v) is 8.39. The van der Waals surface area contributed by atoms with Crippen molar-refractivity contribution in [1.82, 2.24) is 4.31 Å². The molecule has 0 saturated carbocycles. The van der Waals surface area contributed by atoms with Crippen LogP contribution in [0, 0.1) is 0 Å². The van der Waals surface area contributed by atoms with Crippen LogP contribution in [-0.2, 0) is 14.8 Å². The highest BCUT2D eigenvalue weighted by Crippen LogP contribution is 2.32. The second-order valence-corrected chi connectivity index (χ2v) is 7.17. The van der Waals surface area contributed by atoms with Crippen LogP contribution in [0.4, 0.5) is 5.69 Å². The number of aliphatic carboxylic acids is 1. The molecule has 2 aromatic carbocycles. The van der Waals surface area contributed by atoms with Crippen LogP contribution >= 0.6 is 0 Å². The van der Waals surface area contributed by atoms with E-state index >= 15 is 0 Å². The van der Waals surface area contributed by atoms with Gasteiger partial charge in [0.15, 0.2) is 0 Å². The van der Waals surface area contributed by atoms with E-state index in [2.05, 4.69) is 0 Å². The smallest absolute Gasteiger partial charge is 0.322 e. The summed E-state index contributed by atoms with van der Waals surface area (Å²) in [7, 11) is -3.88. The number of nitrogen functional groups attached to an aromatic ring is 1. The lowest BCUT2D eigenvalue weighted by molar-refractivity contribution is -0.140. The first kappa shape index (κ1) is 14.8. The Labute approximate surface area is 128 Å². The molecular formula is C15H16N2O4S. The van der Waals surface area contributed by atoms with Crippen LogP contribution in [0.25, 0.3) is 10.8 Å². The molecular weight excluding hydrogens is 304 g/mol. The average Bonchev–Trinajstić information content (AvgIpc) is 2.98. The van der Waals surface area contributed by atoms with E-state index in [1.807, 2.05) is 0 Å². The fourth-order valence-corrected chi connectivity index (χ4v) is 4.77. The lowest BCUT2D eigenvalue weighted by Crippen LogP contribution is -2.40. The van der Waals surface area contributed by atoms with Crippen LogP contribution in [-0.4, -0.2) is 36.4 Å². The summed E-state index contributed by atoms with van der Waals surface area (Å²) in [5, 5.41) is 10.4. The van der Waals surface area contributed by atoms with Crippen molar-refractivity contribution in [1.29, 1.82) is 0 Å². The SMILES string of the molecule is Nc1ccc(S(=O)(=O)N2CCCC2C(=O)O)c2ccccc12. The van der Waals surface area contributed by atoms with Crippen molar-refractivity contribution < 1.29 is 18.3 Å². The molecule has 0 bridgehead atoms. The Morgan fingerprint density at radius 1 is 1.18 bits per heavy atom. The van der Waals surface area contributed by atoms with Gasteiger partial charge in [-0.15, -0.1) is 0 Å². The van der Waals surface area contributed by atoms with Gasteiger partial charge in [0.05, 0.1) is 4.90 Å². The predicted molar refractivity (Wildman–Crippen MR) is 82.9 cm³/mol. The summed E-state index contributed by atoms with van der Waals surface area (Å²) in [5.41, 5.74) is 6.39. The van der Waals surface area contributed by atoms with Crippen molar-refractivity contribution in [3.05, 3.63) is 36.4 Å². The van der Waals surface area contributed by atoms with Gasteiger partial charge in [0, 0.05) is 23.0 Å². The van der Waals surface area contributed by atoms with Crippen LogP contribution < -0.4 is 5.73 Å². The number of carbonyl (C=O) groups is 1. The van der Waals surface area contributed by atoms with E-state index in [9.17, 15) is 18.3 Å². The molecule has 0 radical (unpaired) electrons. The maximum atomic E-state index is 12.9. The third-order valence-electron chi connectivity index (χ3n) is 3.99. The Hall–Kier alpha value is -2.12. The zero-order chi connectivity index (χ0) is 15.9. The van der Waals surface area contributed by atoms with E-state index in [0.29, 0.717) is 29.3 Å². The minimum atomic E-state index is -3.88. The Balaban J connectivity index is 2.18. The van der Waals surface area contributed by atoms with Gasteiger partial charge in [-0.05, 0) is 25.0 Å². The second-order valence-electron chi connectivity index (χ2n) is 5.31. The number of carboxylic acid groups (broad SMARTS) is 1. The average molecular weight is 320 g/mol. The number of nitrogens with two attached hydrogens (primary N) is 1. The number of fused-ring (bicyclic) bond motifs is 1. The molecule has 1 aliphatic heterocycles. The van der Waals surface area contributed by atoms with Crippen molar-refractivity contribution in [2.75, 3.05) is 12.3 Å². The topological polar surface area (TPSA) is 101 Å². The number of rotatable bonds is 3.